The minimum atomic E-state index is -1.38. The normalized spacial score (nSPS) is 41.1. The molecule has 13 heteroatoms. The summed E-state index contributed by atoms with van der Waals surface area (Å²) in [5.41, 5.74) is 5.81. The predicted molar refractivity (Wildman–Crippen MR) is 207 cm³/mol. The van der Waals surface area contributed by atoms with Crippen LogP contribution in [0.2, 0.25) is 0 Å². The van der Waals surface area contributed by atoms with E-state index < -0.39 is 41.2 Å². The van der Waals surface area contributed by atoms with Crippen molar-refractivity contribution >= 4 is 23.9 Å². The third-order valence-corrected chi connectivity index (χ3v) is 14.3. The van der Waals surface area contributed by atoms with Gasteiger partial charge in [-0.15, -0.1) is 0 Å². The number of nitrogens with zero attached hydrogens (tertiary/aromatic N) is 2. The van der Waals surface area contributed by atoms with E-state index in [2.05, 4.69) is 26.6 Å². The Hall–Kier alpha value is -2.74. The van der Waals surface area contributed by atoms with Gasteiger partial charge in [-0.25, -0.2) is 20.4 Å². The lowest BCUT2D eigenvalue weighted by Crippen LogP contribution is -2.56. The van der Waals surface area contributed by atoms with Gasteiger partial charge in [0.15, 0.2) is 0 Å². The molecular weight excluding hydrogens is 700 g/mol. The number of allylic oxidation sites excluding steroid dienone is 1. The van der Waals surface area contributed by atoms with E-state index in [0.717, 1.165) is 50.9 Å². The molecular formula is C42H68N6O7. The number of rotatable bonds is 6. The molecule has 4 aliphatic carbocycles. The van der Waals surface area contributed by atoms with Crippen LogP contribution in [0.5, 0.6) is 0 Å². The van der Waals surface area contributed by atoms with Gasteiger partial charge in [0, 0.05) is 31.7 Å². The highest BCUT2D eigenvalue weighted by molar-refractivity contribution is 5.96. The fraction of sp³-hybridized carbons (Fsp3) is 0.857. The summed E-state index contributed by atoms with van der Waals surface area (Å²) in [7, 11) is 1.82. The smallest absolute Gasteiger partial charge is 0.408 e. The van der Waals surface area contributed by atoms with Crippen molar-refractivity contribution in [3.63, 3.8) is 0 Å². The van der Waals surface area contributed by atoms with Crippen molar-refractivity contribution in [2.24, 2.45) is 29.6 Å². The molecule has 308 valence electrons. The van der Waals surface area contributed by atoms with E-state index in [-0.39, 0.29) is 36.5 Å². The minimum absolute atomic E-state index is 0.224. The average Bonchev–Trinajstić information content (AvgIpc) is 3.45. The second kappa shape index (κ2) is 17.0. The number of hydrazine groups is 2. The Kier molecular flexibility index (Phi) is 12.5. The van der Waals surface area contributed by atoms with E-state index >= 15 is 0 Å². The number of hydrogen-bond acceptors (Lipinski definition) is 9. The molecule has 6 fully saturated rings. The third kappa shape index (κ3) is 9.05. The van der Waals surface area contributed by atoms with Crippen LogP contribution >= 0.6 is 0 Å². The Morgan fingerprint density at radius 3 is 2.33 bits per heavy atom. The van der Waals surface area contributed by atoms with Gasteiger partial charge in [-0.1, -0.05) is 57.1 Å². The molecule has 10 atom stereocenters. The van der Waals surface area contributed by atoms with Gasteiger partial charge in [0.2, 0.25) is 11.8 Å². The fourth-order valence-electron chi connectivity index (χ4n) is 11.3. The predicted octanol–water partition coefficient (Wildman–Crippen LogP) is 5.20. The molecule has 13 nitrogen and oxygen atoms in total. The summed E-state index contributed by atoms with van der Waals surface area (Å²) < 4.78 is 11.3. The van der Waals surface area contributed by atoms with Crippen LogP contribution in [0.3, 0.4) is 0 Å². The lowest BCUT2D eigenvalue weighted by Gasteiger charge is -2.46. The van der Waals surface area contributed by atoms with Gasteiger partial charge < -0.3 is 30.1 Å². The van der Waals surface area contributed by atoms with Crippen molar-refractivity contribution < 1.29 is 33.8 Å². The zero-order valence-corrected chi connectivity index (χ0v) is 33.7. The highest BCUT2D eigenvalue weighted by Crippen LogP contribution is 2.48. The van der Waals surface area contributed by atoms with Gasteiger partial charge >= 0.3 is 12.1 Å². The summed E-state index contributed by atoms with van der Waals surface area (Å²) in [6.45, 7) is 5.62. The van der Waals surface area contributed by atoms with Crippen LogP contribution in [0, 0.1) is 29.6 Å². The molecule has 0 bridgehead atoms. The second-order valence-corrected chi connectivity index (χ2v) is 19.0. The maximum absolute atomic E-state index is 14.7. The SMILES string of the molecule is COC1CCC(C2NN([C@H]3C[C@H]4C(=O)N[C@@]5(C(=O)O)C[C@H]5/C=C\CCCCC[C@@H](NC(=O)OC(C)(C)C)C(=O)N4C3)NC2C2CCCC3CCCCC32)CC1. The summed E-state index contributed by atoms with van der Waals surface area (Å²) >= 11 is 0. The second-order valence-electron chi connectivity index (χ2n) is 19.0. The number of hydrogen-bond donors (Lipinski definition) is 5. The Morgan fingerprint density at radius 1 is 0.873 bits per heavy atom. The van der Waals surface area contributed by atoms with Crippen molar-refractivity contribution in [2.75, 3.05) is 13.7 Å². The van der Waals surface area contributed by atoms with Crippen LogP contribution in [0.1, 0.15) is 136 Å². The Labute approximate surface area is 327 Å². The Balaban J connectivity index is 1.16. The third-order valence-electron chi connectivity index (χ3n) is 14.3. The molecule has 3 aliphatic heterocycles. The first kappa shape index (κ1) is 40.5. The van der Waals surface area contributed by atoms with Gasteiger partial charge in [0.05, 0.1) is 12.1 Å². The largest absolute Gasteiger partial charge is 0.479 e. The van der Waals surface area contributed by atoms with Crippen LogP contribution < -0.4 is 21.5 Å². The van der Waals surface area contributed by atoms with E-state index in [0.29, 0.717) is 49.5 Å². The van der Waals surface area contributed by atoms with Gasteiger partial charge in [0.25, 0.3) is 0 Å². The van der Waals surface area contributed by atoms with Crippen LogP contribution in [-0.4, -0.2) is 100 Å². The summed E-state index contributed by atoms with van der Waals surface area (Å²) in [5, 5.41) is 18.3. The number of carbonyl (C=O) groups is 4. The quantitative estimate of drug-likeness (QED) is 0.227. The van der Waals surface area contributed by atoms with Crippen molar-refractivity contribution in [1.29, 1.82) is 0 Å². The van der Waals surface area contributed by atoms with Crippen molar-refractivity contribution in [1.82, 2.24) is 31.5 Å². The van der Waals surface area contributed by atoms with E-state index in [9.17, 15) is 24.3 Å². The van der Waals surface area contributed by atoms with Crippen LogP contribution in [-0.2, 0) is 23.9 Å². The Bertz CT molecular complexity index is 1430. The van der Waals surface area contributed by atoms with Crippen molar-refractivity contribution in [3.05, 3.63) is 12.2 Å². The highest BCUT2D eigenvalue weighted by Gasteiger charge is 2.62. The zero-order chi connectivity index (χ0) is 38.9. The molecule has 3 amide bonds. The zero-order valence-electron chi connectivity index (χ0n) is 33.7. The molecule has 0 aromatic carbocycles. The van der Waals surface area contributed by atoms with Gasteiger partial charge in [-0.05, 0) is 115 Å². The number of carboxylic acid groups (broad SMARTS) is 1. The molecule has 7 aliphatic rings. The summed E-state index contributed by atoms with van der Waals surface area (Å²) in [6, 6.07) is -1.56. The lowest BCUT2D eigenvalue weighted by molar-refractivity contribution is -0.145. The molecule has 7 rings (SSSR count). The molecule has 2 saturated heterocycles. The average molecular weight is 769 g/mol. The Morgan fingerprint density at radius 2 is 1.58 bits per heavy atom. The van der Waals surface area contributed by atoms with E-state index in [1.165, 1.54) is 44.9 Å². The maximum atomic E-state index is 14.7. The number of ether oxygens (including phenoxy) is 2. The molecule has 0 radical (unpaired) electrons. The van der Waals surface area contributed by atoms with Gasteiger partial charge in [0.1, 0.15) is 23.2 Å². The van der Waals surface area contributed by atoms with Crippen LogP contribution in [0.4, 0.5) is 4.79 Å². The van der Waals surface area contributed by atoms with Crippen LogP contribution in [0.25, 0.3) is 0 Å². The summed E-state index contributed by atoms with van der Waals surface area (Å²) in [6.07, 6.45) is 21.2. The number of methoxy groups -OCH3 is 1. The summed E-state index contributed by atoms with van der Waals surface area (Å²) in [5.74, 6) is 0.392. The number of carboxylic acids is 1. The molecule has 5 N–H and O–H groups in total. The van der Waals surface area contributed by atoms with Crippen molar-refractivity contribution in [3.8, 4) is 0 Å². The van der Waals surface area contributed by atoms with E-state index in [1.807, 2.05) is 19.3 Å². The number of alkyl carbamates (subject to hydrolysis) is 1. The number of fused-ring (bicyclic) bond motifs is 3. The minimum Gasteiger partial charge on any atom is -0.479 e. The van der Waals surface area contributed by atoms with Gasteiger partial charge in [-0.2, -0.15) is 5.12 Å². The fourth-order valence-corrected chi connectivity index (χ4v) is 11.3. The van der Waals surface area contributed by atoms with Gasteiger partial charge in [-0.3, -0.25) is 9.59 Å². The first-order valence-electron chi connectivity index (χ1n) is 21.7. The van der Waals surface area contributed by atoms with Crippen LogP contribution in [0.15, 0.2) is 12.2 Å². The monoisotopic (exact) mass is 769 g/mol. The lowest BCUT2D eigenvalue weighted by atomic mass is 9.62. The number of aliphatic carboxylic acids is 1. The molecule has 0 aromatic heterocycles. The molecule has 5 unspecified atom stereocenters. The number of nitrogens with one attached hydrogen (secondary N) is 4. The first-order valence-corrected chi connectivity index (χ1v) is 21.7. The van der Waals surface area contributed by atoms with E-state index in [1.54, 1.807) is 25.7 Å². The summed E-state index contributed by atoms with van der Waals surface area (Å²) in [4.78, 5) is 56.4. The van der Waals surface area contributed by atoms with Crippen molar-refractivity contribution in [2.45, 2.75) is 184 Å². The molecule has 55 heavy (non-hydrogen) atoms. The van der Waals surface area contributed by atoms with E-state index in [4.69, 9.17) is 9.47 Å². The molecule has 4 saturated carbocycles. The number of carbonyl (C=O) groups excluding carboxylic acids is 3. The maximum Gasteiger partial charge on any atom is 0.408 e. The first-order chi connectivity index (χ1) is 26.4. The number of amides is 3. The topological polar surface area (TPSA) is 162 Å². The molecule has 3 heterocycles. The highest BCUT2D eigenvalue weighted by atomic mass is 16.6. The molecule has 0 aromatic rings. The standard InChI is InChI=1S/C42H68N6O7/c1-41(2,3)55-40(53)43-33-18-9-7-5-6-8-15-28-24-42(28,39(51)52)44-37(49)34-23-29(25-47(34)38(33)50)48-45-35(27-19-21-30(54-4)22-20-27)36(46-48)32-17-12-14-26-13-10-11-16-31(26)32/h8,15,26-36,45-46H,5-7,9-14,16-25H2,1-4H3,(H,43,53)(H,44,49)(H,51,52)/b15-8-/t26?,27?,28-,29+,30?,31?,32?,33-,34+,35?,36?,42+/m1/s1. The molecule has 0 spiro atoms.